The van der Waals surface area contributed by atoms with Crippen LogP contribution in [0.3, 0.4) is 0 Å². The molecule has 0 N–H and O–H groups in total. The van der Waals surface area contributed by atoms with Crippen LogP contribution in [-0.2, 0) is 28.5 Å². The molecule has 0 amide bonds. The van der Waals surface area contributed by atoms with Gasteiger partial charge in [0.25, 0.3) is 0 Å². The monoisotopic (exact) mass is 482 g/mol. The van der Waals surface area contributed by atoms with Gasteiger partial charge in [-0.1, -0.05) is 49.7 Å². The minimum absolute atomic E-state index is 0.131. The number of hydrogen-bond donors (Lipinski definition) is 0. The molecule has 8 heteroatoms. The number of ether oxygens (including phenoxy) is 5. The smallest absolute Gasteiger partial charge is 0.339 e. The van der Waals surface area contributed by atoms with E-state index in [0.717, 1.165) is 12.8 Å². The standard InChI is InChI=1S/C27H30O8/c1-3-4-14-21(33-17(2)28)19-12-8-9-13-20(19)27(30)35-23-16-32-24-22(15-31-25(23)24)34-26(29)18-10-6-5-7-11-18/h5-13,21-25H,3-4,14-16H2,1-2H3/t21?,22-,23?,24-,25-/m1/s1. The Morgan fingerprint density at radius 3 is 2.11 bits per heavy atom. The maximum atomic E-state index is 13.2. The van der Waals surface area contributed by atoms with Crippen LogP contribution >= 0.6 is 0 Å². The highest BCUT2D eigenvalue weighted by atomic mass is 16.7. The van der Waals surface area contributed by atoms with Crippen LogP contribution in [-0.4, -0.2) is 55.5 Å². The van der Waals surface area contributed by atoms with E-state index in [1.807, 2.05) is 13.0 Å². The predicted molar refractivity (Wildman–Crippen MR) is 125 cm³/mol. The van der Waals surface area contributed by atoms with Crippen LogP contribution in [0.2, 0.25) is 0 Å². The summed E-state index contributed by atoms with van der Waals surface area (Å²) in [6.45, 7) is 3.69. The molecule has 0 saturated carbocycles. The molecule has 2 saturated heterocycles. The first-order valence-corrected chi connectivity index (χ1v) is 11.9. The number of carbonyl (C=O) groups is 3. The third kappa shape index (κ3) is 5.89. The molecule has 8 nitrogen and oxygen atoms in total. The third-order valence-electron chi connectivity index (χ3n) is 6.14. The summed E-state index contributed by atoms with van der Waals surface area (Å²) >= 11 is 0. The zero-order valence-corrected chi connectivity index (χ0v) is 19.9. The number of unbranched alkanes of at least 4 members (excludes halogenated alkanes) is 1. The average molecular weight is 483 g/mol. The highest BCUT2D eigenvalue weighted by Gasteiger charge is 2.51. The maximum absolute atomic E-state index is 13.2. The van der Waals surface area contributed by atoms with Gasteiger partial charge in [0.15, 0.2) is 12.2 Å². The minimum atomic E-state index is -0.649. The molecule has 2 unspecified atom stereocenters. The van der Waals surface area contributed by atoms with Crippen molar-refractivity contribution < 1.29 is 38.1 Å². The van der Waals surface area contributed by atoms with E-state index in [4.69, 9.17) is 23.7 Å². The van der Waals surface area contributed by atoms with E-state index in [2.05, 4.69) is 0 Å². The van der Waals surface area contributed by atoms with Crippen LogP contribution in [0.1, 0.15) is 65.5 Å². The minimum Gasteiger partial charge on any atom is -0.458 e. The fourth-order valence-electron chi connectivity index (χ4n) is 4.44. The number of esters is 3. The van der Waals surface area contributed by atoms with Crippen molar-refractivity contribution >= 4 is 17.9 Å². The summed E-state index contributed by atoms with van der Waals surface area (Å²) in [5, 5.41) is 0. The van der Waals surface area contributed by atoms with Crippen molar-refractivity contribution in [1.82, 2.24) is 0 Å². The van der Waals surface area contributed by atoms with Crippen molar-refractivity contribution in [2.75, 3.05) is 13.2 Å². The van der Waals surface area contributed by atoms with E-state index < -0.39 is 48.4 Å². The second kappa shape index (κ2) is 11.5. The molecule has 0 spiro atoms. The summed E-state index contributed by atoms with van der Waals surface area (Å²) in [4.78, 5) is 37.3. The molecule has 0 aliphatic carbocycles. The molecule has 0 aromatic heterocycles. The first-order chi connectivity index (χ1) is 17.0. The SMILES string of the molecule is CCCCC(OC(C)=O)c1ccccc1C(=O)OC1CO[C@H]2[C@@H]1OC[C@H]2OC(=O)c1ccccc1. The van der Waals surface area contributed by atoms with E-state index in [-0.39, 0.29) is 13.2 Å². The van der Waals surface area contributed by atoms with Gasteiger partial charge >= 0.3 is 17.9 Å². The number of fused-ring (bicyclic) bond motifs is 1. The fraction of sp³-hybridized carbons (Fsp3) is 0.444. The van der Waals surface area contributed by atoms with Gasteiger partial charge in [-0.15, -0.1) is 0 Å². The lowest BCUT2D eigenvalue weighted by molar-refractivity contribution is -0.147. The Morgan fingerprint density at radius 2 is 1.49 bits per heavy atom. The van der Waals surface area contributed by atoms with Gasteiger partial charge in [0.1, 0.15) is 18.3 Å². The Kier molecular flexibility index (Phi) is 8.15. The average Bonchev–Trinajstić information content (AvgIpc) is 3.45. The second-order valence-corrected chi connectivity index (χ2v) is 8.68. The van der Waals surface area contributed by atoms with Crippen molar-refractivity contribution in [2.45, 2.75) is 63.6 Å². The molecule has 2 aliphatic rings. The molecule has 4 rings (SSSR count). The van der Waals surface area contributed by atoms with Crippen molar-refractivity contribution in [2.24, 2.45) is 0 Å². The molecule has 2 heterocycles. The molecule has 2 fully saturated rings. The number of carbonyl (C=O) groups excluding carboxylic acids is 3. The molecule has 5 atom stereocenters. The van der Waals surface area contributed by atoms with Crippen molar-refractivity contribution in [1.29, 1.82) is 0 Å². The van der Waals surface area contributed by atoms with Crippen LogP contribution < -0.4 is 0 Å². The maximum Gasteiger partial charge on any atom is 0.339 e. The lowest BCUT2D eigenvalue weighted by Gasteiger charge is -2.21. The Morgan fingerprint density at radius 1 is 0.886 bits per heavy atom. The Balaban J connectivity index is 1.42. The van der Waals surface area contributed by atoms with E-state index in [1.54, 1.807) is 48.5 Å². The van der Waals surface area contributed by atoms with Crippen LogP contribution in [0.4, 0.5) is 0 Å². The lowest BCUT2D eigenvalue weighted by atomic mass is 9.98. The highest BCUT2D eigenvalue weighted by molar-refractivity contribution is 5.91. The van der Waals surface area contributed by atoms with Gasteiger partial charge in [0, 0.05) is 12.5 Å². The zero-order chi connectivity index (χ0) is 24.8. The quantitative estimate of drug-likeness (QED) is 0.390. The van der Waals surface area contributed by atoms with Gasteiger partial charge in [0.2, 0.25) is 0 Å². The van der Waals surface area contributed by atoms with Crippen molar-refractivity contribution in [3.8, 4) is 0 Å². The number of rotatable bonds is 9. The summed E-state index contributed by atoms with van der Waals surface area (Å²) in [7, 11) is 0. The predicted octanol–water partition coefficient (Wildman–Crippen LogP) is 4.03. The normalized spacial score (nSPS) is 23.8. The van der Waals surface area contributed by atoms with Gasteiger partial charge in [-0.3, -0.25) is 4.79 Å². The molecule has 0 radical (unpaired) electrons. The summed E-state index contributed by atoms with van der Waals surface area (Å²) < 4.78 is 28.5. The summed E-state index contributed by atoms with van der Waals surface area (Å²) in [5.74, 6) is -1.41. The molecule has 2 aromatic carbocycles. The van der Waals surface area contributed by atoms with Crippen LogP contribution in [0.5, 0.6) is 0 Å². The third-order valence-corrected chi connectivity index (χ3v) is 6.14. The highest BCUT2D eigenvalue weighted by Crippen LogP contribution is 2.33. The van der Waals surface area contributed by atoms with Crippen molar-refractivity contribution in [3.05, 3.63) is 71.3 Å². The Bertz CT molecular complexity index is 1040. The Hall–Kier alpha value is -3.23. The van der Waals surface area contributed by atoms with E-state index >= 15 is 0 Å². The van der Waals surface area contributed by atoms with Gasteiger partial charge < -0.3 is 23.7 Å². The van der Waals surface area contributed by atoms with Crippen LogP contribution in [0, 0.1) is 0 Å². The van der Waals surface area contributed by atoms with E-state index in [9.17, 15) is 14.4 Å². The van der Waals surface area contributed by atoms with Gasteiger partial charge in [-0.25, -0.2) is 9.59 Å². The van der Waals surface area contributed by atoms with Crippen LogP contribution in [0.15, 0.2) is 54.6 Å². The number of hydrogen-bond acceptors (Lipinski definition) is 8. The van der Waals surface area contributed by atoms with E-state index in [1.165, 1.54) is 6.92 Å². The fourth-order valence-corrected chi connectivity index (χ4v) is 4.44. The van der Waals surface area contributed by atoms with Gasteiger partial charge in [-0.05, 0) is 31.0 Å². The van der Waals surface area contributed by atoms with Gasteiger partial charge in [-0.2, -0.15) is 0 Å². The molecular formula is C27H30O8. The molecular weight excluding hydrogens is 452 g/mol. The van der Waals surface area contributed by atoms with Gasteiger partial charge in [0.05, 0.1) is 24.3 Å². The number of benzene rings is 2. The van der Waals surface area contributed by atoms with E-state index in [0.29, 0.717) is 23.1 Å². The van der Waals surface area contributed by atoms with Crippen LogP contribution in [0.25, 0.3) is 0 Å². The largest absolute Gasteiger partial charge is 0.458 e. The summed E-state index contributed by atoms with van der Waals surface area (Å²) in [6.07, 6.45) is -0.449. The molecule has 2 aliphatic heterocycles. The Labute approximate surface area is 204 Å². The second-order valence-electron chi connectivity index (χ2n) is 8.68. The first kappa shape index (κ1) is 24.9. The first-order valence-electron chi connectivity index (χ1n) is 11.9. The molecule has 186 valence electrons. The molecule has 0 bridgehead atoms. The summed E-state index contributed by atoms with van der Waals surface area (Å²) in [6, 6.07) is 15.7. The lowest BCUT2D eigenvalue weighted by Crippen LogP contribution is -2.36. The molecule has 35 heavy (non-hydrogen) atoms. The topological polar surface area (TPSA) is 97.4 Å². The molecule has 2 aromatic rings. The zero-order valence-electron chi connectivity index (χ0n) is 19.9. The summed E-state index contributed by atoms with van der Waals surface area (Å²) in [5.41, 5.74) is 1.39. The van der Waals surface area contributed by atoms with Crippen molar-refractivity contribution in [3.63, 3.8) is 0 Å².